The first-order valence-corrected chi connectivity index (χ1v) is 8.95. The van der Waals surface area contributed by atoms with E-state index in [-0.39, 0.29) is 41.1 Å². The van der Waals surface area contributed by atoms with E-state index >= 15 is 0 Å². The Bertz CT molecular complexity index is 1000. The van der Waals surface area contributed by atoms with E-state index in [4.69, 9.17) is 4.74 Å². The molecule has 1 amide bonds. The number of nitrogens with zero attached hydrogens (tertiary/aromatic N) is 3. The number of pyridine rings is 1. The van der Waals surface area contributed by atoms with Crippen molar-refractivity contribution in [2.24, 2.45) is 0 Å². The average Bonchev–Trinajstić information content (AvgIpc) is 3.04. The maximum Gasteiger partial charge on any atom is 0.433 e. The lowest BCUT2D eigenvalue weighted by atomic mass is 10.0. The number of carbonyl (C=O) groups excluding carboxylic acids is 1. The first kappa shape index (κ1) is 18.7. The number of fused-ring (bicyclic) bond motifs is 1. The predicted octanol–water partition coefficient (Wildman–Crippen LogP) is 4.15. The van der Waals surface area contributed by atoms with Crippen LogP contribution in [0.3, 0.4) is 0 Å². The molecule has 28 heavy (non-hydrogen) atoms. The molecule has 0 aromatic carbocycles. The molecule has 0 spiro atoms. The van der Waals surface area contributed by atoms with Crippen LogP contribution in [0.4, 0.5) is 19.1 Å². The summed E-state index contributed by atoms with van der Waals surface area (Å²) in [5.74, 6) is -0.168. The van der Waals surface area contributed by atoms with E-state index in [0.29, 0.717) is 5.70 Å². The van der Waals surface area contributed by atoms with Crippen LogP contribution < -0.4 is 5.32 Å². The molecule has 2 aromatic heterocycles. The van der Waals surface area contributed by atoms with Crippen molar-refractivity contribution in [3.8, 4) is 0 Å². The van der Waals surface area contributed by atoms with Crippen molar-refractivity contribution in [2.75, 3.05) is 5.32 Å². The number of amides is 1. The van der Waals surface area contributed by atoms with Gasteiger partial charge in [-0.05, 0) is 51.0 Å². The Kier molecular flexibility index (Phi) is 4.29. The first-order chi connectivity index (χ1) is 13.1. The molecule has 1 saturated heterocycles. The van der Waals surface area contributed by atoms with Crippen LogP contribution in [0.15, 0.2) is 30.4 Å². The van der Waals surface area contributed by atoms with Crippen LogP contribution >= 0.6 is 0 Å². The Hall–Kier alpha value is -2.68. The van der Waals surface area contributed by atoms with Gasteiger partial charge in [0.25, 0.3) is 0 Å². The van der Waals surface area contributed by atoms with Crippen molar-refractivity contribution < 1.29 is 22.7 Å². The molecule has 1 fully saturated rings. The van der Waals surface area contributed by atoms with Gasteiger partial charge in [-0.3, -0.25) is 14.7 Å². The van der Waals surface area contributed by atoms with E-state index in [1.54, 1.807) is 18.2 Å². The summed E-state index contributed by atoms with van der Waals surface area (Å²) in [6.45, 7) is 3.95. The molecule has 1 unspecified atom stereocenters. The highest BCUT2D eigenvalue weighted by Crippen LogP contribution is 2.33. The maximum absolute atomic E-state index is 13.0. The zero-order valence-electron chi connectivity index (χ0n) is 15.4. The molecule has 4 rings (SSSR count). The number of ether oxygens (including phenoxy) is 1. The summed E-state index contributed by atoms with van der Waals surface area (Å²) >= 11 is 0. The molecule has 148 valence electrons. The summed E-state index contributed by atoms with van der Waals surface area (Å²) in [6, 6.07) is 2.13. The Labute approximate surface area is 159 Å². The van der Waals surface area contributed by atoms with Gasteiger partial charge >= 0.3 is 6.18 Å². The molecular weight excluding hydrogens is 373 g/mol. The van der Waals surface area contributed by atoms with E-state index in [1.165, 1.54) is 10.6 Å². The molecule has 1 N–H and O–H groups in total. The van der Waals surface area contributed by atoms with Crippen molar-refractivity contribution >= 4 is 28.7 Å². The van der Waals surface area contributed by atoms with Crippen LogP contribution in [0, 0.1) is 0 Å². The second kappa shape index (κ2) is 6.44. The number of allylic oxidation sites excluding steroid dienone is 4. The zero-order chi connectivity index (χ0) is 20.1. The Morgan fingerprint density at radius 1 is 1.36 bits per heavy atom. The van der Waals surface area contributed by atoms with E-state index in [9.17, 15) is 18.0 Å². The maximum atomic E-state index is 13.0. The summed E-state index contributed by atoms with van der Waals surface area (Å²) in [5, 5.41) is 2.70. The molecule has 0 bridgehead atoms. The highest BCUT2D eigenvalue weighted by atomic mass is 19.4. The van der Waals surface area contributed by atoms with Gasteiger partial charge in [0, 0.05) is 0 Å². The molecule has 2 aliphatic rings. The molecule has 2 aromatic rings. The van der Waals surface area contributed by atoms with E-state index in [2.05, 4.69) is 15.3 Å². The number of aromatic nitrogens is 3. The van der Waals surface area contributed by atoms with Gasteiger partial charge in [-0.1, -0.05) is 6.08 Å². The van der Waals surface area contributed by atoms with Crippen LogP contribution in [-0.4, -0.2) is 32.1 Å². The van der Waals surface area contributed by atoms with Crippen molar-refractivity contribution in [2.45, 2.75) is 51.0 Å². The number of imidazole rings is 1. The molecule has 1 aliphatic carbocycles. The molecule has 1 atom stereocenters. The van der Waals surface area contributed by atoms with Gasteiger partial charge in [0.1, 0.15) is 11.2 Å². The molecule has 6 nitrogen and oxygen atoms in total. The highest BCUT2D eigenvalue weighted by Gasteiger charge is 2.34. The second-order valence-electron chi connectivity index (χ2n) is 7.55. The highest BCUT2D eigenvalue weighted by molar-refractivity contribution is 5.93. The number of nitrogens with one attached hydrogen (secondary N) is 1. The SMILES string of the molecule is CC1(C)CCC(CC(=O)Nc2nc3ccc(C(F)(F)F)nc3n2C2=CC=C2)O1. The van der Waals surface area contributed by atoms with Gasteiger partial charge < -0.3 is 4.74 Å². The summed E-state index contributed by atoms with van der Waals surface area (Å²) in [7, 11) is 0. The fourth-order valence-electron chi connectivity index (χ4n) is 3.38. The number of carbonyl (C=O) groups is 1. The third-order valence-corrected chi connectivity index (χ3v) is 4.81. The van der Waals surface area contributed by atoms with E-state index in [0.717, 1.165) is 18.9 Å². The zero-order valence-corrected chi connectivity index (χ0v) is 15.4. The third-order valence-electron chi connectivity index (χ3n) is 4.81. The number of hydrogen-bond donors (Lipinski definition) is 1. The third kappa shape index (κ3) is 3.54. The number of alkyl halides is 3. The van der Waals surface area contributed by atoms with Gasteiger partial charge in [0.2, 0.25) is 11.9 Å². The summed E-state index contributed by atoms with van der Waals surface area (Å²) in [6.07, 6.45) is 2.21. The lowest BCUT2D eigenvalue weighted by Gasteiger charge is -2.19. The monoisotopic (exact) mass is 392 g/mol. The van der Waals surface area contributed by atoms with Crippen LogP contribution in [0.2, 0.25) is 0 Å². The van der Waals surface area contributed by atoms with Gasteiger partial charge in [-0.2, -0.15) is 13.2 Å². The quantitative estimate of drug-likeness (QED) is 0.849. The summed E-state index contributed by atoms with van der Waals surface area (Å²) in [5.41, 5.74) is -0.355. The minimum atomic E-state index is -4.57. The van der Waals surface area contributed by atoms with Gasteiger partial charge in [0.05, 0.1) is 23.8 Å². The molecule has 9 heteroatoms. The normalized spacial score (nSPS) is 20.9. The number of anilines is 1. The topological polar surface area (TPSA) is 69.0 Å². The summed E-state index contributed by atoms with van der Waals surface area (Å²) in [4.78, 5) is 20.5. The van der Waals surface area contributed by atoms with E-state index in [1.807, 2.05) is 13.8 Å². The smallest absolute Gasteiger partial charge is 0.372 e. The minimum absolute atomic E-state index is 0.0407. The Morgan fingerprint density at radius 2 is 2.11 bits per heavy atom. The van der Waals surface area contributed by atoms with Crippen molar-refractivity contribution in [3.63, 3.8) is 0 Å². The van der Waals surface area contributed by atoms with Crippen molar-refractivity contribution in [1.82, 2.24) is 14.5 Å². The number of hydrogen-bond acceptors (Lipinski definition) is 4. The van der Waals surface area contributed by atoms with E-state index < -0.39 is 11.9 Å². The molecule has 0 saturated carbocycles. The Morgan fingerprint density at radius 3 is 2.68 bits per heavy atom. The Balaban J connectivity index is 1.62. The summed E-state index contributed by atoms with van der Waals surface area (Å²) < 4.78 is 46.4. The minimum Gasteiger partial charge on any atom is -0.372 e. The fraction of sp³-hybridized carbons (Fsp3) is 0.421. The van der Waals surface area contributed by atoms with Crippen molar-refractivity contribution in [1.29, 1.82) is 0 Å². The molecule has 1 aliphatic heterocycles. The standard InChI is InChI=1S/C19H19F3N4O2/c1-18(2)9-8-12(28-18)10-15(27)25-17-23-13-6-7-14(19(20,21)22)24-16(13)26(17)11-4-3-5-11/h3-7,12H,8-10H2,1-2H3,(H,23,25,27). The second-order valence-corrected chi connectivity index (χ2v) is 7.55. The van der Waals surface area contributed by atoms with Gasteiger partial charge in [-0.15, -0.1) is 0 Å². The van der Waals surface area contributed by atoms with Gasteiger partial charge in [0.15, 0.2) is 5.65 Å². The number of halogens is 3. The lowest BCUT2D eigenvalue weighted by Crippen LogP contribution is -2.25. The largest absolute Gasteiger partial charge is 0.433 e. The van der Waals surface area contributed by atoms with Crippen LogP contribution in [0.1, 0.15) is 38.8 Å². The molecular formula is C19H19F3N4O2. The molecule has 0 radical (unpaired) electrons. The van der Waals surface area contributed by atoms with Crippen LogP contribution in [0.25, 0.3) is 16.9 Å². The average molecular weight is 392 g/mol. The van der Waals surface area contributed by atoms with Crippen LogP contribution in [-0.2, 0) is 15.7 Å². The van der Waals surface area contributed by atoms with Crippen molar-refractivity contribution in [3.05, 3.63) is 36.1 Å². The molecule has 3 heterocycles. The lowest BCUT2D eigenvalue weighted by molar-refractivity contribution is -0.141. The fourth-order valence-corrected chi connectivity index (χ4v) is 3.38. The van der Waals surface area contributed by atoms with Gasteiger partial charge in [-0.25, -0.2) is 9.97 Å². The van der Waals surface area contributed by atoms with Crippen LogP contribution in [0.5, 0.6) is 0 Å². The first-order valence-electron chi connectivity index (χ1n) is 8.95. The number of rotatable bonds is 4. The predicted molar refractivity (Wildman–Crippen MR) is 97.4 cm³/mol.